The smallest absolute Gasteiger partial charge is 0.327 e. The Kier molecular flexibility index (Phi) is 5.28. The van der Waals surface area contributed by atoms with Gasteiger partial charge in [-0.05, 0) is 16.6 Å². The van der Waals surface area contributed by atoms with E-state index in [9.17, 15) is 4.79 Å². The van der Waals surface area contributed by atoms with Crippen LogP contribution < -0.4 is 0 Å². The molecule has 1 N–H and O–H groups in total. The summed E-state index contributed by atoms with van der Waals surface area (Å²) in [6.45, 7) is 13.3. The summed E-state index contributed by atoms with van der Waals surface area (Å²) in [4.78, 5) is 10.6. The fourth-order valence-corrected chi connectivity index (χ4v) is 8.38. The van der Waals surface area contributed by atoms with Crippen molar-refractivity contribution < 1.29 is 9.90 Å². The van der Waals surface area contributed by atoms with Crippen LogP contribution in [-0.2, 0) is 4.79 Å². The molecule has 0 unspecified atom stereocenters. The molecule has 0 radical (unpaired) electrons. The molecule has 0 aromatic rings. The Morgan fingerprint density at radius 2 is 1.33 bits per heavy atom. The third kappa shape index (κ3) is 3.19. The van der Waals surface area contributed by atoms with Crippen LogP contribution in [0.5, 0.6) is 0 Å². The monoisotopic (exact) mass is 228 g/mol. The third-order valence-corrected chi connectivity index (χ3v) is 10.3. The number of carboxylic acids is 1. The second-order valence-electron chi connectivity index (χ2n) is 5.14. The van der Waals surface area contributed by atoms with E-state index in [1.165, 1.54) is 6.08 Å². The average molecular weight is 228 g/mol. The highest BCUT2D eigenvalue weighted by Gasteiger charge is 2.40. The van der Waals surface area contributed by atoms with Crippen molar-refractivity contribution in [3.05, 3.63) is 11.8 Å². The van der Waals surface area contributed by atoms with Crippen molar-refractivity contribution in [2.24, 2.45) is 0 Å². The molecule has 0 saturated heterocycles. The van der Waals surface area contributed by atoms with Gasteiger partial charge in [0.25, 0.3) is 0 Å². The molecule has 0 saturated carbocycles. The molecule has 88 valence electrons. The van der Waals surface area contributed by atoms with Crippen LogP contribution in [0.1, 0.15) is 41.5 Å². The van der Waals surface area contributed by atoms with Crippen LogP contribution in [0.3, 0.4) is 0 Å². The lowest BCUT2D eigenvalue weighted by molar-refractivity contribution is -0.131. The maximum absolute atomic E-state index is 10.6. The van der Waals surface area contributed by atoms with Crippen LogP contribution in [0.4, 0.5) is 0 Å². The van der Waals surface area contributed by atoms with E-state index in [1.807, 2.05) is 5.70 Å². The van der Waals surface area contributed by atoms with Gasteiger partial charge in [0.15, 0.2) is 0 Å². The zero-order valence-corrected chi connectivity index (χ0v) is 11.7. The minimum absolute atomic E-state index is 0.577. The van der Waals surface area contributed by atoms with E-state index in [4.69, 9.17) is 5.11 Å². The molecule has 0 aliphatic rings. The van der Waals surface area contributed by atoms with Gasteiger partial charge in [-0.3, -0.25) is 0 Å². The van der Waals surface area contributed by atoms with Crippen molar-refractivity contribution in [1.82, 2.24) is 0 Å². The number of hydrogen-bond donors (Lipinski definition) is 1. The lowest BCUT2D eigenvalue weighted by Gasteiger charge is -2.40. The molecule has 0 aliphatic carbocycles. The number of carbonyl (C=O) groups is 1. The van der Waals surface area contributed by atoms with Crippen LogP contribution in [-0.4, -0.2) is 19.1 Å². The first kappa shape index (κ1) is 14.4. The molecule has 0 aromatic carbocycles. The van der Waals surface area contributed by atoms with Gasteiger partial charge in [0, 0.05) is 6.08 Å². The molecule has 2 nitrogen and oxygen atoms in total. The van der Waals surface area contributed by atoms with Crippen molar-refractivity contribution >= 4 is 14.0 Å². The van der Waals surface area contributed by atoms with E-state index in [0.717, 1.165) is 0 Å². The van der Waals surface area contributed by atoms with Gasteiger partial charge < -0.3 is 5.11 Å². The SMILES string of the molecule is CC(C)[Si](C=CC(=O)O)(C(C)C)C(C)C. The minimum Gasteiger partial charge on any atom is -0.478 e. The van der Waals surface area contributed by atoms with E-state index < -0.39 is 14.0 Å². The minimum atomic E-state index is -1.65. The van der Waals surface area contributed by atoms with Gasteiger partial charge in [0.2, 0.25) is 0 Å². The first-order chi connectivity index (χ1) is 6.75. The van der Waals surface area contributed by atoms with Gasteiger partial charge in [-0.1, -0.05) is 47.2 Å². The molecule has 3 heteroatoms. The first-order valence-electron chi connectivity index (χ1n) is 5.67. The van der Waals surface area contributed by atoms with E-state index in [2.05, 4.69) is 41.5 Å². The Morgan fingerprint density at radius 3 is 1.53 bits per heavy atom. The topological polar surface area (TPSA) is 37.3 Å². The fourth-order valence-electron chi connectivity index (χ4n) is 2.79. The molecule has 0 spiro atoms. The summed E-state index contributed by atoms with van der Waals surface area (Å²) in [5.74, 6) is -0.825. The zero-order valence-electron chi connectivity index (χ0n) is 10.7. The van der Waals surface area contributed by atoms with E-state index in [1.54, 1.807) is 0 Å². The van der Waals surface area contributed by atoms with Gasteiger partial charge in [0.1, 0.15) is 0 Å². The standard InChI is InChI=1S/C12H24O2Si/c1-9(2)15(10(3)4,11(5)6)8-7-12(13)14/h7-11H,1-6H3,(H,13,14). The molecule has 0 atom stereocenters. The van der Waals surface area contributed by atoms with E-state index in [0.29, 0.717) is 16.6 Å². The molecular weight excluding hydrogens is 204 g/mol. The quantitative estimate of drug-likeness (QED) is 0.573. The van der Waals surface area contributed by atoms with Gasteiger partial charge >= 0.3 is 5.97 Å². The van der Waals surface area contributed by atoms with Gasteiger partial charge in [-0.2, -0.15) is 0 Å². The highest BCUT2D eigenvalue weighted by Crippen LogP contribution is 2.42. The third-order valence-electron chi connectivity index (χ3n) is 3.51. The van der Waals surface area contributed by atoms with E-state index >= 15 is 0 Å². The number of aliphatic carboxylic acids is 1. The molecule has 0 aliphatic heterocycles. The van der Waals surface area contributed by atoms with Gasteiger partial charge in [-0.25, -0.2) is 4.79 Å². The molecule has 0 bridgehead atoms. The molecule has 0 fully saturated rings. The Hall–Kier alpha value is -0.573. The largest absolute Gasteiger partial charge is 0.478 e. The van der Waals surface area contributed by atoms with Crippen molar-refractivity contribution in [1.29, 1.82) is 0 Å². The maximum atomic E-state index is 10.6. The summed E-state index contributed by atoms with van der Waals surface area (Å²) in [5, 5.41) is 8.76. The number of rotatable bonds is 5. The molecule has 0 aromatic heterocycles. The Bertz CT molecular complexity index is 220. The lowest BCUT2D eigenvalue weighted by Crippen LogP contribution is -2.42. The number of carboxylic acid groups (broad SMARTS) is 1. The molecular formula is C12H24O2Si. The summed E-state index contributed by atoms with van der Waals surface area (Å²) in [7, 11) is -1.65. The maximum Gasteiger partial charge on any atom is 0.327 e. The van der Waals surface area contributed by atoms with Crippen molar-refractivity contribution in [3.63, 3.8) is 0 Å². The van der Waals surface area contributed by atoms with Crippen LogP contribution in [0.2, 0.25) is 16.6 Å². The predicted octanol–water partition coefficient (Wildman–Crippen LogP) is 3.85. The highest BCUT2D eigenvalue weighted by molar-refractivity contribution is 6.88. The molecule has 15 heavy (non-hydrogen) atoms. The summed E-state index contributed by atoms with van der Waals surface area (Å²) in [5.41, 5.74) is 3.75. The van der Waals surface area contributed by atoms with Crippen molar-refractivity contribution in [3.8, 4) is 0 Å². The van der Waals surface area contributed by atoms with E-state index in [-0.39, 0.29) is 0 Å². The molecule has 0 rings (SSSR count). The molecule has 0 amide bonds. The van der Waals surface area contributed by atoms with Crippen LogP contribution >= 0.6 is 0 Å². The highest BCUT2D eigenvalue weighted by atomic mass is 28.3. The van der Waals surface area contributed by atoms with Crippen LogP contribution in [0, 0.1) is 0 Å². The normalized spacial score (nSPS) is 13.4. The lowest BCUT2D eigenvalue weighted by atomic mass is 10.5. The Morgan fingerprint density at radius 1 is 1.00 bits per heavy atom. The second kappa shape index (κ2) is 5.49. The zero-order chi connectivity index (χ0) is 12.2. The summed E-state index contributed by atoms with van der Waals surface area (Å²) >= 11 is 0. The van der Waals surface area contributed by atoms with Crippen molar-refractivity contribution in [2.75, 3.05) is 0 Å². The molecule has 0 heterocycles. The second-order valence-corrected chi connectivity index (χ2v) is 10.9. The average Bonchev–Trinajstić information content (AvgIpc) is 2.02. The van der Waals surface area contributed by atoms with Gasteiger partial charge in [-0.15, -0.1) is 0 Å². The van der Waals surface area contributed by atoms with Crippen molar-refractivity contribution in [2.45, 2.75) is 58.2 Å². The first-order valence-corrected chi connectivity index (χ1v) is 7.98. The summed E-state index contributed by atoms with van der Waals surface area (Å²) in [6, 6.07) is 0. The van der Waals surface area contributed by atoms with Crippen LogP contribution in [0.15, 0.2) is 11.8 Å². The summed E-state index contributed by atoms with van der Waals surface area (Å²) in [6.07, 6.45) is 1.35. The summed E-state index contributed by atoms with van der Waals surface area (Å²) < 4.78 is 0. The Labute approximate surface area is 94.4 Å². The van der Waals surface area contributed by atoms with Gasteiger partial charge in [0.05, 0.1) is 8.07 Å². The Balaban J connectivity index is 5.23. The number of hydrogen-bond acceptors (Lipinski definition) is 1. The fraction of sp³-hybridized carbons (Fsp3) is 0.750. The predicted molar refractivity (Wildman–Crippen MR) is 67.8 cm³/mol. The van der Waals surface area contributed by atoms with Crippen LogP contribution in [0.25, 0.3) is 0 Å².